The number of aromatic amines is 1. The van der Waals surface area contributed by atoms with E-state index in [1.807, 2.05) is 13.8 Å². The summed E-state index contributed by atoms with van der Waals surface area (Å²) in [7, 11) is 2.95. The fraction of sp³-hybridized carbons (Fsp3) is 0.556. The summed E-state index contributed by atoms with van der Waals surface area (Å²) in [5.74, 6) is 0.407. The number of piperidine rings is 1. The number of aliphatic hydroxyl groups is 1. The molecule has 0 radical (unpaired) electrons. The molecule has 2 aromatic heterocycles. The second-order valence-corrected chi connectivity index (χ2v) is 6.97. The SMILES string of the molecule is COc1ncc(C2(O)CCN(C(=O)c3cc(C(C)C)[nH]n3)CC2)c(OC)n1. The van der Waals surface area contributed by atoms with Gasteiger partial charge in [-0.1, -0.05) is 13.8 Å². The van der Waals surface area contributed by atoms with Crippen molar-refractivity contribution in [3.8, 4) is 11.9 Å². The molecule has 1 amide bonds. The summed E-state index contributed by atoms with van der Waals surface area (Å²) < 4.78 is 10.3. The zero-order valence-corrected chi connectivity index (χ0v) is 16.0. The first-order chi connectivity index (χ1) is 12.9. The molecule has 0 bridgehead atoms. The lowest BCUT2D eigenvalue weighted by Crippen LogP contribution is -2.45. The minimum Gasteiger partial charge on any atom is -0.481 e. The maximum Gasteiger partial charge on any atom is 0.319 e. The number of carbonyl (C=O) groups is 1. The predicted octanol–water partition coefficient (Wildman–Crippen LogP) is 1.46. The molecule has 0 aromatic carbocycles. The van der Waals surface area contributed by atoms with Crippen molar-refractivity contribution < 1.29 is 19.4 Å². The number of amides is 1. The van der Waals surface area contributed by atoms with Gasteiger partial charge < -0.3 is 19.5 Å². The van der Waals surface area contributed by atoms with Gasteiger partial charge in [0.15, 0.2) is 0 Å². The third kappa shape index (κ3) is 3.73. The van der Waals surface area contributed by atoms with Gasteiger partial charge in [-0.05, 0) is 24.8 Å². The molecule has 1 aliphatic rings. The number of H-pyrrole nitrogens is 1. The van der Waals surface area contributed by atoms with Gasteiger partial charge in [0.25, 0.3) is 5.91 Å². The summed E-state index contributed by atoms with van der Waals surface area (Å²) in [5.41, 5.74) is 0.657. The van der Waals surface area contributed by atoms with E-state index in [1.54, 1.807) is 11.0 Å². The summed E-state index contributed by atoms with van der Waals surface area (Å²) in [4.78, 5) is 22.6. The number of rotatable bonds is 5. The molecular formula is C18H25N5O4. The number of aromatic nitrogens is 4. The van der Waals surface area contributed by atoms with Crippen molar-refractivity contribution in [2.75, 3.05) is 27.3 Å². The molecule has 3 heterocycles. The van der Waals surface area contributed by atoms with Crippen LogP contribution in [0.25, 0.3) is 0 Å². The normalized spacial score (nSPS) is 16.4. The topological polar surface area (TPSA) is 113 Å². The fourth-order valence-corrected chi connectivity index (χ4v) is 3.18. The van der Waals surface area contributed by atoms with Gasteiger partial charge in [0, 0.05) is 25.0 Å². The van der Waals surface area contributed by atoms with E-state index in [4.69, 9.17) is 9.47 Å². The number of hydrogen-bond donors (Lipinski definition) is 2. The number of nitrogens with one attached hydrogen (secondary N) is 1. The van der Waals surface area contributed by atoms with E-state index >= 15 is 0 Å². The van der Waals surface area contributed by atoms with Gasteiger partial charge in [0.2, 0.25) is 5.88 Å². The van der Waals surface area contributed by atoms with Crippen molar-refractivity contribution in [3.63, 3.8) is 0 Å². The Morgan fingerprint density at radius 3 is 2.56 bits per heavy atom. The average molecular weight is 375 g/mol. The highest BCUT2D eigenvalue weighted by molar-refractivity contribution is 5.92. The van der Waals surface area contributed by atoms with Gasteiger partial charge in [0.1, 0.15) is 5.69 Å². The van der Waals surface area contributed by atoms with E-state index < -0.39 is 5.60 Å². The molecule has 9 nitrogen and oxygen atoms in total. The van der Waals surface area contributed by atoms with Crippen LogP contribution in [-0.2, 0) is 5.60 Å². The number of nitrogens with zero attached hydrogens (tertiary/aromatic N) is 4. The van der Waals surface area contributed by atoms with Crippen LogP contribution in [0.5, 0.6) is 11.9 Å². The van der Waals surface area contributed by atoms with Crippen LogP contribution in [0.1, 0.15) is 54.4 Å². The lowest BCUT2D eigenvalue weighted by molar-refractivity contribution is -0.0235. The van der Waals surface area contributed by atoms with E-state index in [2.05, 4.69) is 20.2 Å². The Labute approximate surface area is 157 Å². The molecule has 2 aromatic rings. The first-order valence-corrected chi connectivity index (χ1v) is 8.90. The third-order valence-corrected chi connectivity index (χ3v) is 4.93. The first kappa shape index (κ1) is 19.1. The van der Waals surface area contributed by atoms with Crippen LogP contribution < -0.4 is 9.47 Å². The molecular weight excluding hydrogens is 350 g/mol. The van der Waals surface area contributed by atoms with E-state index in [0.717, 1.165) is 5.69 Å². The summed E-state index contributed by atoms with van der Waals surface area (Å²) >= 11 is 0. The predicted molar refractivity (Wildman–Crippen MR) is 96.8 cm³/mol. The quantitative estimate of drug-likeness (QED) is 0.813. The summed E-state index contributed by atoms with van der Waals surface area (Å²) in [5, 5.41) is 18.1. The Balaban J connectivity index is 1.73. The lowest BCUT2D eigenvalue weighted by atomic mass is 9.85. The molecule has 0 unspecified atom stereocenters. The van der Waals surface area contributed by atoms with Gasteiger partial charge >= 0.3 is 6.01 Å². The molecule has 1 aliphatic heterocycles. The number of hydrogen-bond acceptors (Lipinski definition) is 7. The van der Waals surface area contributed by atoms with Crippen LogP contribution in [0.15, 0.2) is 12.3 Å². The monoisotopic (exact) mass is 375 g/mol. The van der Waals surface area contributed by atoms with E-state index in [9.17, 15) is 9.90 Å². The van der Waals surface area contributed by atoms with Gasteiger partial charge in [-0.2, -0.15) is 10.1 Å². The van der Waals surface area contributed by atoms with Crippen molar-refractivity contribution in [1.82, 2.24) is 25.1 Å². The maximum absolute atomic E-state index is 12.7. The molecule has 9 heteroatoms. The molecule has 0 saturated carbocycles. The van der Waals surface area contributed by atoms with Gasteiger partial charge in [-0.3, -0.25) is 9.89 Å². The van der Waals surface area contributed by atoms with Crippen LogP contribution in [0.4, 0.5) is 0 Å². The zero-order valence-electron chi connectivity index (χ0n) is 16.0. The summed E-state index contributed by atoms with van der Waals surface area (Å²) in [6, 6.07) is 1.96. The minimum atomic E-state index is -1.16. The lowest BCUT2D eigenvalue weighted by Gasteiger charge is -2.38. The van der Waals surface area contributed by atoms with Crippen LogP contribution >= 0.6 is 0 Å². The minimum absolute atomic E-state index is 0.141. The Morgan fingerprint density at radius 1 is 1.30 bits per heavy atom. The largest absolute Gasteiger partial charge is 0.481 e. The third-order valence-electron chi connectivity index (χ3n) is 4.93. The Hall–Kier alpha value is -2.68. The Bertz CT molecular complexity index is 812. The van der Waals surface area contributed by atoms with E-state index in [0.29, 0.717) is 37.2 Å². The smallest absolute Gasteiger partial charge is 0.319 e. The van der Waals surface area contributed by atoms with Crippen LogP contribution in [0.3, 0.4) is 0 Å². The van der Waals surface area contributed by atoms with Crippen LogP contribution in [0, 0.1) is 0 Å². The molecule has 2 N–H and O–H groups in total. The second kappa shape index (κ2) is 7.51. The second-order valence-electron chi connectivity index (χ2n) is 6.97. The summed E-state index contributed by atoms with van der Waals surface area (Å²) in [6.07, 6.45) is 2.23. The average Bonchev–Trinajstić information content (AvgIpc) is 3.18. The zero-order chi connectivity index (χ0) is 19.6. The van der Waals surface area contributed by atoms with E-state index in [-0.39, 0.29) is 23.7 Å². The highest BCUT2D eigenvalue weighted by Gasteiger charge is 2.39. The first-order valence-electron chi connectivity index (χ1n) is 8.90. The number of ether oxygens (including phenoxy) is 2. The van der Waals surface area contributed by atoms with E-state index in [1.165, 1.54) is 20.4 Å². The van der Waals surface area contributed by atoms with Gasteiger partial charge in [-0.15, -0.1) is 0 Å². The molecule has 146 valence electrons. The van der Waals surface area contributed by atoms with Gasteiger partial charge in [-0.25, -0.2) is 4.98 Å². The van der Waals surface area contributed by atoms with Crippen LogP contribution in [-0.4, -0.2) is 63.4 Å². The molecule has 27 heavy (non-hydrogen) atoms. The highest BCUT2D eigenvalue weighted by Crippen LogP contribution is 2.37. The van der Waals surface area contributed by atoms with Gasteiger partial charge in [0.05, 0.1) is 25.4 Å². The van der Waals surface area contributed by atoms with Crippen molar-refractivity contribution >= 4 is 5.91 Å². The fourth-order valence-electron chi connectivity index (χ4n) is 3.18. The number of carbonyl (C=O) groups excluding carboxylic acids is 1. The number of likely N-dealkylation sites (tertiary alicyclic amines) is 1. The van der Waals surface area contributed by atoms with Crippen LogP contribution in [0.2, 0.25) is 0 Å². The molecule has 1 saturated heterocycles. The molecule has 0 atom stereocenters. The Morgan fingerprint density at radius 2 is 2.00 bits per heavy atom. The standard InChI is InChI=1S/C18H25N5O4/c1-11(2)13-9-14(22-21-13)16(24)23-7-5-18(25,6-8-23)12-10-19-17(27-4)20-15(12)26-3/h9-11,25H,5-8H2,1-4H3,(H,21,22). The van der Waals surface area contributed by atoms with Crippen molar-refractivity contribution in [2.45, 2.75) is 38.2 Å². The highest BCUT2D eigenvalue weighted by atomic mass is 16.5. The maximum atomic E-state index is 12.7. The molecule has 0 spiro atoms. The molecule has 3 rings (SSSR count). The Kier molecular flexibility index (Phi) is 5.31. The molecule has 0 aliphatic carbocycles. The van der Waals surface area contributed by atoms with Crippen molar-refractivity contribution in [2.24, 2.45) is 0 Å². The number of methoxy groups -OCH3 is 2. The van der Waals surface area contributed by atoms with Crippen molar-refractivity contribution in [3.05, 3.63) is 29.2 Å². The summed E-state index contributed by atoms with van der Waals surface area (Å²) in [6.45, 7) is 4.86. The van der Waals surface area contributed by atoms with Crippen molar-refractivity contribution in [1.29, 1.82) is 0 Å². The molecule has 1 fully saturated rings.